The van der Waals surface area contributed by atoms with Crippen molar-refractivity contribution in [3.63, 3.8) is 0 Å². The standard InChI is InChI=1S/C17H12ClN5O/c18-12-8-6-11(7-9-12)15-14(16-20-21-17(19)24-16)10-23(22-15)13-4-2-1-3-5-13/h1-10H,(H2,19,21). The van der Waals surface area contributed by atoms with E-state index in [0.29, 0.717) is 22.2 Å². The van der Waals surface area contributed by atoms with Crippen molar-refractivity contribution in [2.24, 2.45) is 0 Å². The molecule has 0 saturated heterocycles. The van der Waals surface area contributed by atoms with Crippen LogP contribution in [0.4, 0.5) is 6.01 Å². The van der Waals surface area contributed by atoms with E-state index in [2.05, 4.69) is 15.3 Å². The molecule has 0 unspecified atom stereocenters. The maximum Gasteiger partial charge on any atom is 0.313 e. The molecule has 2 aromatic carbocycles. The molecule has 0 aliphatic carbocycles. The zero-order valence-electron chi connectivity index (χ0n) is 12.4. The van der Waals surface area contributed by atoms with Crippen molar-refractivity contribution in [3.8, 4) is 28.4 Å². The van der Waals surface area contributed by atoms with Gasteiger partial charge in [0.25, 0.3) is 5.89 Å². The van der Waals surface area contributed by atoms with Crippen LogP contribution < -0.4 is 5.73 Å². The molecule has 0 radical (unpaired) electrons. The van der Waals surface area contributed by atoms with Gasteiger partial charge in [-0.05, 0) is 24.3 Å². The zero-order chi connectivity index (χ0) is 16.5. The van der Waals surface area contributed by atoms with E-state index >= 15 is 0 Å². The topological polar surface area (TPSA) is 82.8 Å². The van der Waals surface area contributed by atoms with Gasteiger partial charge >= 0.3 is 6.01 Å². The van der Waals surface area contributed by atoms with Gasteiger partial charge in [0, 0.05) is 16.8 Å². The summed E-state index contributed by atoms with van der Waals surface area (Å²) in [7, 11) is 0. The molecule has 4 aromatic rings. The molecule has 2 N–H and O–H groups in total. The molecule has 0 bridgehead atoms. The summed E-state index contributed by atoms with van der Waals surface area (Å²) >= 11 is 5.98. The molecule has 0 saturated carbocycles. The van der Waals surface area contributed by atoms with Gasteiger partial charge in [-0.3, -0.25) is 0 Å². The number of para-hydroxylation sites is 1. The molecule has 0 atom stereocenters. The SMILES string of the molecule is Nc1nnc(-c2cn(-c3ccccc3)nc2-c2ccc(Cl)cc2)o1. The number of aromatic nitrogens is 4. The molecule has 0 fully saturated rings. The van der Waals surface area contributed by atoms with Gasteiger partial charge in [0.15, 0.2) is 0 Å². The van der Waals surface area contributed by atoms with Crippen LogP contribution >= 0.6 is 11.6 Å². The van der Waals surface area contributed by atoms with Crippen LogP contribution in [0.25, 0.3) is 28.4 Å². The minimum absolute atomic E-state index is 0.0134. The number of benzene rings is 2. The van der Waals surface area contributed by atoms with Gasteiger partial charge in [0.05, 0.1) is 11.3 Å². The summed E-state index contributed by atoms with van der Waals surface area (Å²) < 4.78 is 7.14. The minimum Gasteiger partial charge on any atom is -0.403 e. The number of halogens is 1. The van der Waals surface area contributed by atoms with Crippen molar-refractivity contribution in [1.29, 1.82) is 0 Å². The lowest BCUT2D eigenvalue weighted by atomic mass is 10.1. The molecular formula is C17H12ClN5O. The third-order valence-corrected chi connectivity index (χ3v) is 3.78. The van der Waals surface area contributed by atoms with Gasteiger partial charge in [-0.1, -0.05) is 47.0 Å². The fourth-order valence-corrected chi connectivity index (χ4v) is 2.53. The van der Waals surface area contributed by atoms with E-state index < -0.39 is 0 Å². The summed E-state index contributed by atoms with van der Waals surface area (Å²) in [6, 6.07) is 17.2. The highest BCUT2D eigenvalue weighted by Gasteiger charge is 2.18. The first-order valence-corrected chi connectivity index (χ1v) is 7.59. The van der Waals surface area contributed by atoms with Crippen LogP contribution in [0.15, 0.2) is 65.2 Å². The highest BCUT2D eigenvalue weighted by atomic mass is 35.5. The first kappa shape index (κ1) is 14.5. The van der Waals surface area contributed by atoms with Gasteiger partial charge in [-0.25, -0.2) is 4.68 Å². The fraction of sp³-hybridized carbons (Fsp3) is 0. The summed E-state index contributed by atoms with van der Waals surface area (Å²) in [6.45, 7) is 0. The summed E-state index contributed by atoms with van der Waals surface area (Å²) in [5.41, 5.74) is 8.78. The summed E-state index contributed by atoms with van der Waals surface area (Å²) in [6.07, 6.45) is 1.84. The lowest BCUT2D eigenvalue weighted by molar-refractivity contribution is 0.590. The Morgan fingerprint density at radius 1 is 0.958 bits per heavy atom. The third-order valence-electron chi connectivity index (χ3n) is 3.52. The van der Waals surface area contributed by atoms with Crippen molar-refractivity contribution in [2.75, 3.05) is 5.73 Å². The van der Waals surface area contributed by atoms with Gasteiger partial charge in [0.1, 0.15) is 5.69 Å². The molecule has 2 heterocycles. The monoisotopic (exact) mass is 337 g/mol. The number of nitrogens with zero attached hydrogens (tertiary/aromatic N) is 4. The molecular weight excluding hydrogens is 326 g/mol. The van der Waals surface area contributed by atoms with Crippen LogP contribution in [0.1, 0.15) is 0 Å². The van der Waals surface area contributed by atoms with Crippen molar-refractivity contribution in [1.82, 2.24) is 20.0 Å². The third kappa shape index (κ3) is 2.63. The summed E-state index contributed by atoms with van der Waals surface area (Å²) in [5, 5.41) is 13.0. The van der Waals surface area contributed by atoms with Crippen LogP contribution in [-0.4, -0.2) is 20.0 Å². The number of hydrogen-bond acceptors (Lipinski definition) is 5. The highest BCUT2D eigenvalue weighted by molar-refractivity contribution is 6.30. The van der Waals surface area contributed by atoms with Gasteiger partial charge in [-0.15, -0.1) is 5.10 Å². The van der Waals surface area contributed by atoms with Crippen molar-refractivity contribution < 1.29 is 4.42 Å². The minimum atomic E-state index is 0.0134. The molecule has 0 amide bonds. The molecule has 7 heteroatoms. The second kappa shape index (κ2) is 5.82. The molecule has 24 heavy (non-hydrogen) atoms. The smallest absolute Gasteiger partial charge is 0.313 e. The summed E-state index contributed by atoms with van der Waals surface area (Å²) in [4.78, 5) is 0. The van der Waals surface area contributed by atoms with Crippen LogP contribution in [0.5, 0.6) is 0 Å². The maximum atomic E-state index is 5.98. The Balaban J connectivity index is 1.90. The van der Waals surface area contributed by atoms with E-state index in [0.717, 1.165) is 11.3 Å². The van der Waals surface area contributed by atoms with Crippen LogP contribution in [0, 0.1) is 0 Å². The molecule has 2 aromatic heterocycles. The van der Waals surface area contributed by atoms with E-state index in [9.17, 15) is 0 Å². The largest absolute Gasteiger partial charge is 0.403 e. The number of rotatable bonds is 3. The number of hydrogen-bond donors (Lipinski definition) is 1. The second-order valence-electron chi connectivity index (χ2n) is 5.12. The Hall–Kier alpha value is -3.12. The number of nitrogens with two attached hydrogens (primary N) is 1. The molecule has 4 rings (SSSR count). The summed E-state index contributed by atoms with van der Waals surface area (Å²) in [5.74, 6) is 0.319. The zero-order valence-corrected chi connectivity index (χ0v) is 13.2. The van der Waals surface area contributed by atoms with Gasteiger partial charge in [-0.2, -0.15) is 5.10 Å². The Morgan fingerprint density at radius 2 is 1.71 bits per heavy atom. The highest BCUT2D eigenvalue weighted by Crippen LogP contribution is 2.32. The van der Waals surface area contributed by atoms with Crippen molar-refractivity contribution in [3.05, 3.63) is 65.8 Å². The Labute approximate surface area is 142 Å². The Morgan fingerprint density at radius 3 is 2.38 bits per heavy atom. The number of anilines is 1. The maximum absolute atomic E-state index is 5.98. The Bertz CT molecular complexity index is 976. The van der Waals surface area contributed by atoms with E-state index in [1.54, 1.807) is 4.68 Å². The van der Waals surface area contributed by atoms with Gasteiger partial charge in [0.2, 0.25) is 0 Å². The fourth-order valence-electron chi connectivity index (χ4n) is 2.41. The lowest BCUT2D eigenvalue weighted by Gasteiger charge is -2.00. The van der Waals surface area contributed by atoms with E-state index in [-0.39, 0.29) is 6.01 Å². The molecule has 0 aliphatic heterocycles. The predicted molar refractivity (Wildman–Crippen MR) is 91.7 cm³/mol. The predicted octanol–water partition coefficient (Wildman–Crippen LogP) is 3.82. The van der Waals surface area contributed by atoms with Gasteiger partial charge < -0.3 is 10.2 Å². The number of nitrogen functional groups attached to an aromatic ring is 1. The molecule has 118 valence electrons. The molecule has 6 nitrogen and oxygen atoms in total. The van der Waals surface area contributed by atoms with E-state index in [1.807, 2.05) is 60.8 Å². The lowest BCUT2D eigenvalue weighted by Crippen LogP contribution is -1.93. The quantitative estimate of drug-likeness (QED) is 0.614. The van der Waals surface area contributed by atoms with Crippen molar-refractivity contribution >= 4 is 17.6 Å². The van der Waals surface area contributed by atoms with Crippen LogP contribution in [0.2, 0.25) is 5.02 Å². The second-order valence-corrected chi connectivity index (χ2v) is 5.56. The average molecular weight is 338 g/mol. The van der Waals surface area contributed by atoms with Crippen LogP contribution in [-0.2, 0) is 0 Å². The van der Waals surface area contributed by atoms with Crippen LogP contribution in [0.3, 0.4) is 0 Å². The van der Waals surface area contributed by atoms with Crippen molar-refractivity contribution in [2.45, 2.75) is 0 Å². The molecule has 0 aliphatic rings. The first-order chi connectivity index (χ1) is 11.7. The van der Waals surface area contributed by atoms with E-state index in [1.165, 1.54) is 0 Å². The van der Waals surface area contributed by atoms with E-state index in [4.69, 9.17) is 21.8 Å². The first-order valence-electron chi connectivity index (χ1n) is 7.21. The normalized spacial score (nSPS) is 10.9. The average Bonchev–Trinajstić information content (AvgIpc) is 3.23. The molecule has 0 spiro atoms. The Kier molecular flexibility index (Phi) is 3.51.